The molecule has 0 amide bonds. The molecule has 0 aliphatic rings. The highest BCUT2D eigenvalue weighted by Crippen LogP contribution is 2.33. The monoisotopic (exact) mass is 270 g/mol. The van der Waals surface area contributed by atoms with E-state index < -0.39 is 0 Å². The van der Waals surface area contributed by atoms with Gasteiger partial charge < -0.3 is 9.47 Å². The fraction of sp³-hybridized carbons (Fsp3) is 0.235. The van der Waals surface area contributed by atoms with Crippen molar-refractivity contribution in [3.63, 3.8) is 0 Å². The number of hydrogen-bond donors (Lipinski definition) is 0. The van der Waals surface area contributed by atoms with Crippen LogP contribution in [0.4, 0.5) is 0 Å². The van der Waals surface area contributed by atoms with Gasteiger partial charge in [0.15, 0.2) is 0 Å². The topological polar surface area (TPSA) is 35.5 Å². The van der Waals surface area contributed by atoms with Crippen molar-refractivity contribution in [2.75, 3.05) is 7.11 Å². The van der Waals surface area contributed by atoms with E-state index in [1.165, 1.54) is 12.5 Å². The van der Waals surface area contributed by atoms with Crippen LogP contribution in [0.25, 0.3) is 11.1 Å². The summed E-state index contributed by atoms with van der Waals surface area (Å²) in [6.07, 6.45) is 0.959. The summed E-state index contributed by atoms with van der Waals surface area (Å²) in [4.78, 5) is 11.0. The summed E-state index contributed by atoms with van der Waals surface area (Å²) >= 11 is 0. The lowest BCUT2D eigenvalue weighted by Crippen LogP contribution is -2.01. The molecule has 3 nitrogen and oxygen atoms in total. The molecule has 0 fully saturated rings. The zero-order valence-electron chi connectivity index (χ0n) is 12.0. The molecule has 0 heterocycles. The molecular formula is C17H18O3. The second kappa shape index (κ2) is 6.24. The molecule has 3 heteroatoms. The van der Waals surface area contributed by atoms with E-state index in [2.05, 4.69) is 19.1 Å². The third-order valence-corrected chi connectivity index (χ3v) is 3.08. The molecule has 0 bridgehead atoms. The average molecular weight is 270 g/mol. The van der Waals surface area contributed by atoms with E-state index in [-0.39, 0.29) is 5.97 Å². The number of aryl methyl sites for hydroxylation is 1. The van der Waals surface area contributed by atoms with Gasteiger partial charge in [-0.25, -0.2) is 0 Å². The van der Waals surface area contributed by atoms with Crippen LogP contribution in [0.15, 0.2) is 42.5 Å². The van der Waals surface area contributed by atoms with Crippen molar-refractivity contribution in [2.45, 2.75) is 20.3 Å². The first-order valence-corrected chi connectivity index (χ1v) is 6.59. The van der Waals surface area contributed by atoms with Gasteiger partial charge in [-0.3, -0.25) is 4.79 Å². The van der Waals surface area contributed by atoms with Crippen molar-refractivity contribution in [2.24, 2.45) is 0 Å². The van der Waals surface area contributed by atoms with Crippen molar-refractivity contribution in [3.05, 3.63) is 48.0 Å². The number of ether oxygens (including phenoxy) is 2. The molecule has 2 aromatic carbocycles. The molecule has 0 unspecified atom stereocenters. The summed E-state index contributed by atoms with van der Waals surface area (Å²) in [6.45, 7) is 3.51. The van der Waals surface area contributed by atoms with Gasteiger partial charge in [0.2, 0.25) is 0 Å². The summed E-state index contributed by atoms with van der Waals surface area (Å²) in [7, 11) is 1.65. The summed E-state index contributed by atoms with van der Waals surface area (Å²) < 4.78 is 10.5. The predicted octanol–water partition coefficient (Wildman–Crippen LogP) is 3.85. The lowest BCUT2D eigenvalue weighted by Gasteiger charge is -2.11. The standard InChI is InChI=1S/C17H18O3/c1-4-13-8-9-17(19-3)16(10-13)14-6-5-7-15(11-14)20-12(2)18/h5-11H,4H2,1-3H3. The Morgan fingerprint density at radius 3 is 2.60 bits per heavy atom. The minimum Gasteiger partial charge on any atom is -0.496 e. The second-order valence-corrected chi connectivity index (χ2v) is 4.51. The van der Waals surface area contributed by atoms with Gasteiger partial charge in [-0.1, -0.05) is 25.1 Å². The van der Waals surface area contributed by atoms with Crippen LogP contribution in [0.1, 0.15) is 19.4 Å². The molecule has 0 aliphatic carbocycles. The van der Waals surface area contributed by atoms with E-state index in [1.807, 2.05) is 24.3 Å². The third-order valence-electron chi connectivity index (χ3n) is 3.08. The van der Waals surface area contributed by atoms with Gasteiger partial charge in [0.25, 0.3) is 0 Å². The quantitative estimate of drug-likeness (QED) is 0.625. The molecule has 0 aliphatic heterocycles. The first-order valence-electron chi connectivity index (χ1n) is 6.59. The molecule has 0 atom stereocenters. The average Bonchev–Trinajstić information content (AvgIpc) is 2.46. The van der Waals surface area contributed by atoms with Crippen LogP contribution in [0, 0.1) is 0 Å². The Labute approximate surface area is 119 Å². The highest BCUT2D eigenvalue weighted by atomic mass is 16.5. The van der Waals surface area contributed by atoms with Crippen LogP contribution in [0.5, 0.6) is 11.5 Å². The normalized spacial score (nSPS) is 10.2. The van der Waals surface area contributed by atoms with E-state index in [1.54, 1.807) is 13.2 Å². The van der Waals surface area contributed by atoms with Gasteiger partial charge in [0, 0.05) is 12.5 Å². The van der Waals surface area contributed by atoms with Gasteiger partial charge in [-0.2, -0.15) is 0 Å². The summed E-state index contributed by atoms with van der Waals surface area (Å²) in [5.41, 5.74) is 3.20. The van der Waals surface area contributed by atoms with E-state index in [4.69, 9.17) is 9.47 Å². The molecule has 0 spiro atoms. The van der Waals surface area contributed by atoms with E-state index in [0.29, 0.717) is 5.75 Å². The molecule has 0 saturated heterocycles. The zero-order valence-corrected chi connectivity index (χ0v) is 12.0. The van der Waals surface area contributed by atoms with Crippen LogP contribution >= 0.6 is 0 Å². The Morgan fingerprint density at radius 1 is 1.15 bits per heavy atom. The Balaban J connectivity index is 2.46. The largest absolute Gasteiger partial charge is 0.496 e. The fourth-order valence-electron chi connectivity index (χ4n) is 2.09. The van der Waals surface area contributed by atoms with E-state index in [9.17, 15) is 4.79 Å². The number of benzene rings is 2. The molecule has 0 aromatic heterocycles. The first-order chi connectivity index (χ1) is 9.63. The minimum absolute atomic E-state index is 0.323. The number of esters is 1. The van der Waals surface area contributed by atoms with Crippen LogP contribution in [0.2, 0.25) is 0 Å². The molecule has 2 rings (SSSR count). The smallest absolute Gasteiger partial charge is 0.308 e. The molecule has 20 heavy (non-hydrogen) atoms. The number of carbonyl (C=O) groups is 1. The maximum absolute atomic E-state index is 11.0. The highest BCUT2D eigenvalue weighted by Gasteiger charge is 2.08. The maximum atomic E-state index is 11.0. The molecule has 0 N–H and O–H groups in total. The van der Waals surface area contributed by atoms with Gasteiger partial charge in [0.05, 0.1) is 7.11 Å². The van der Waals surface area contributed by atoms with Gasteiger partial charge in [-0.15, -0.1) is 0 Å². The minimum atomic E-state index is -0.323. The number of hydrogen-bond acceptors (Lipinski definition) is 3. The number of methoxy groups -OCH3 is 1. The van der Waals surface area contributed by atoms with Crippen molar-refractivity contribution >= 4 is 5.97 Å². The molecule has 104 valence electrons. The SMILES string of the molecule is CCc1ccc(OC)c(-c2cccc(OC(C)=O)c2)c1. The number of rotatable bonds is 4. The van der Waals surface area contributed by atoms with Crippen molar-refractivity contribution < 1.29 is 14.3 Å². The van der Waals surface area contributed by atoms with Crippen LogP contribution in [-0.2, 0) is 11.2 Å². The van der Waals surface area contributed by atoms with Gasteiger partial charge in [0.1, 0.15) is 11.5 Å². The second-order valence-electron chi connectivity index (χ2n) is 4.51. The summed E-state index contributed by atoms with van der Waals surface area (Å²) in [5, 5.41) is 0. The molecule has 2 aromatic rings. The molecule has 0 radical (unpaired) electrons. The lowest BCUT2D eigenvalue weighted by molar-refractivity contribution is -0.131. The maximum Gasteiger partial charge on any atom is 0.308 e. The van der Waals surface area contributed by atoms with E-state index in [0.717, 1.165) is 23.3 Å². The predicted molar refractivity (Wildman–Crippen MR) is 79.1 cm³/mol. The van der Waals surface area contributed by atoms with E-state index >= 15 is 0 Å². The Morgan fingerprint density at radius 2 is 1.95 bits per heavy atom. The zero-order chi connectivity index (χ0) is 14.5. The van der Waals surface area contributed by atoms with Crippen molar-refractivity contribution in [1.29, 1.82) is 0 Å². The Hall–Kier alpha value is -2.29. The van der Waals surface area contributed by atoms with Crippen molar-refractivity contribution in [1.82, 2.24) is 0 Å². The summed E-state index contributed by atoms with van der Waals surface area (Å²) in [6, 6.07) is 13.6. The highest BCUT2D eigenvalue weighted by molar-refractivity contribution is 5.74. The molecule has 0 saturated carbocycles. The fourth-order valence-corrected chi connectivity index (χ4v) is 2.09. The number of carbonyl (C=O) groups excluding carboxylic acids is 1. The van der Waals surface area contributed by atoms with Crippen LogP contribution < -0.4 is 9.47 Å². The summed E-state index contributed by atoms with van der Waals surface area (Å²) in [5.74, 6) is 1.03. The Kier molecular flexibility index (Phi) is 4.41. The van der Waals surface area contributed by atoms with Crippen LogP contribution in [0.3, 0.4) is 0 Å². The van der Waals surface area contributed by atoms with Crippen molar-refractivity contribution in [3.8, 4) is 22.6 Å². The lowest BCUT2D eigenvalue weighted by atomic mass is 10.0. The third kappa shape index (κ3) is 3.18. The first kappa shape index (κ1) is 14.1. The molecular weight excluding hydrogens is 252 g/mol. The van der Waals surface area contributed by atoms with Gasteiger partial charge in [-0.05, 0) is 41.8 Å². The van der Waals surface area contributed by atoms with Crippen LogP contribution in [-0.4, -0.2) is 13.1 Å². The Bertz CT molecular complexity index is 617. The van der Waals surface area contributed by atoms with Gasteiger partial charge >= 0.3 is 5.97 Å².